The van der Waals surface area contributed by atoms with E-state index in [1.54, 1.807) is 12.1 Å². The van der Waals surface area contributed by atoms with Crippen LogP contribution in [0.5, 0.6) is 0 Å². The Balaban J connectivity index is 1.96. The number of hydrogen-bond donors (Lipinski definition) is 2. The van der Waals surface area contributed by atoms with E-state index in [9.17, 15) is 9.59 Å². The van der Waals surface area contributed by atoms with Crippen molar-refractivity contribution < 1.29 is 14.3 Å². The molecule has 3 rings (SSSR count). The quantitative estimate of drug-likeness (QED) is 0.405. The molecule has 3 aromatic carbocycles. The number of amides is 1. The molecule has 0 aromatic heterocycles. The topological polar surface area (TPSA) is 67.4 Å². The number of carbonyl (C=O) groups is 2. The molecule has 7 heteroatoms. The van der Waals surface area contributed by atoms with E-state index in [2.05, 4.69) is 42.5 Å². The molecular weight excluding hydrogens is 512 g/mol. The molecule has 1 atom stereocenters. The summed E-state index contributed by atoms with van der Waals surface area (Å²) in [6, 6.07) is 22.2. The second-order valence-electron chi connectivity index (χ2n) is 6.49. The van der Waals surface area contributed by atoms with Crippen molar-refractivity contribution in [2.45, 2.75) is 6.04 Å². The number of nitrogens with one attached hydrogen (secondary N) is 2. The number of benzene rings is 3. The normalized spacial score (nSPS) is 11.6. The Morgan fingerprint density at radius 2 is 1.60 bits per heavy atom. The molecule has 0 aliphatic carbocycles. The zero-order valence-corrected chi connectivity index (χ0v) is 19.4. The maximum Gasteiger partial charge on any atom is 0.319 e. The molecule has 0 heterocycles. The van der Waals surface area contributed by atoms with Gasteiger partial charge in [0.15, 0.2) is 0 Å². The summed E-state index contributed by atoms with van der Waals surface area (Å²) in [5.41, 5.74) is 2.98. The lowest BCUT2D eigenvalue weighted by Gasteiger charge is -2.23. The van der Waals surface area contributed by atoms with Gasteiger partial charge in [0.25, 0.3) is 5.91 Å². The first-order valence-corrected chi connectivity index (χ1v) is 10.8. The van der Waals surface area contributed by atoms with E-state index < -0.39 is 0 Å². The maximum absolute atomic E-state index is 12.8. The number of rotatable bonds is 7. The third kappa shape index (κ3) is 5.78. The Labute approximate surface area is 192 Å². The van der Waals surface area contributed by atoms with E-state index in [0.717, 1.165) is 20.1 Å². The fourth-order valence-corrected chi connectivity index (χ4v) is 3.64. The summed E-state index contributed by atoms with van der Waals surface area (Å²) in [4.78, 5) is 24.6. The van der Waals surface area contributed by atoms with Gasteiger partial charge in [0.2, 0.25) is 0 Å². The molecule has 0 bridgehead atoms. The second-order valence-corrected chi connectivity index (χ2v) is 8.32. The van der Waals surface area contributed by atoms with Crippen LogP contribution >= 0.6 is 31.9 Å². The summed E-state index contributed by atoms with van der Waals surface area (Å²) in [5, 5.41) is 6.23. The summed E-state index contributed by atoms with van der Waals surface area (Å²) in [5.74, 6) is -0.586. The molecule has 0 aliphatic heterocycles. The van der Waals surface area contributed by atoms with Gasteiger partial charge >= 0.3 is 5.97 Å². The van der Waals surface area contributed by atoms with Crippen LogP contribution in [0.15, 0.2) is 81.7 Å². The van der Waals surface area contributed by atoms with Gasteiger partial charge in [-0.2, -0.15) is 0 Å². The van der Waals surface area contributed by atoms with Crippen LogP contribution in [0, 0.1) is 0 Å². The number of carbonyl (C=O) groups excluding carboxylic acids is 2. The fourth-order valence-electron chi connectivity index (χ4n) is 2.99. The highest BCUT2D eigenvalue weighted by Crippen LogP contribution is 2.31. The van der Waals surface area contributed by atoms with Crippen LogP contribution in [0.3, 0.4) is 0 Å². The Morgan fingerprint density at radius 3 is 2.27 bits per heavy atom. The van der Waals surface area contributed by atoms with Crippen molar-refractivity contribution in [2.75, 3.05) is 19.0 Å². The van der Waals surface area contributed by atoms with Crippen molar-refractivity contribution in [3.8, 4) is 0 Å². The van der Waals surface area contributed by atoms with Crippen molar-refractivity contribution >= 4 is 49.4 Å². The van der Waals surface area contributed by atoms with E-state index >= 15 is 0 Å². The van der Waals surface area contributed by atoms with Gasteiger partial charge in [-0.05, 0) is 53.6 Å². The van der Waals surface area contributed by atoms with Crippen LogP contribution in [0.25, 0.3) is 0 Å². The lowest BCUT2D eigenvalue weighted by atomic mass is 9.96. The summed E-state index contributed by atoms with van der Waals surface area (Å²) in [7, 11) is 1.35. The number of halogens is 2. The summed E-state index contributed by atoms with van der Waals surface area (Å²) in [6.07, 6.45) is 0. The lowest BCUT2D eigenvalue weighted by Crippen LogP contribution is -2.30. The fraction of sp³-hybridized carbons (Fsp3) is 0.130. The van der Waals surface area contributed by atoms with Crippen molar-refractivity contribution in [3.63, 3.8) is 0 Å². The minimum absolute atomic E-state index is 0.0304. The van der Waals surface area contributed by atoms with Gasteiger partial charge in [-0.25, -0.2) is 0 Å². The number of anilines is 1. The molecule has 1 unspecified atom stereocenters. The Hall–Kier alpha value is -2.48. The van der Waals surface area contributed by atoms with Gasteiger partial charge < -0.3 is 10.1 Å². The van der Waals surface area contributed by atoms with Crippen molar-refractivity contribution in [1.82, 2.24) is 5.32 Å². The van der Waals surface area contributed by atoms with Gasteiger partial charge in [0.1, 0.15) is 0 Å². The summed E-state index contributed by atoms with van der Waals surface area (Å²) >= 11 is 6.89. The third-order valence-corrected chi connectivity index (χ3v) is 5.51. The van der Waals surface area contributed by atoms with Gasteiger partial charge in [-0.15, -0.1) is 0 Å². The highest BCUT2D eigenvalue weighted by molar-refractivity contribution is 9.10. The average Bonchev–Trinajstić information content (AvgIpc) is 2.76. The highest BCUT2D eigenvalue weighted by atomic mass is 79.9. The molecule has 2 N–H and O–H groups in total. The molecule has 0 saturated carbocycles. The van der Waals surface area contributed by atoms with Gasteiger partial charge in [-0.3, -0.25) is 14.9 Å². The number of hydrogen-bond acceptors (Lipinski definition) is 4. The van der Waals surface area contributed by atoms with E-state index in [1.165, 1.54) is 7.11 Å². The van der Waals surface area contributed by atoms with Crippen molar-refractivity contribution in [1.29, 1.82) is 0 Å². The molecule has 0 aliphatic rings. The summed E-state index contributed by atoms with van der Waals surface area (Å²) < 4.78 is 6.54. The molecule has 0 radical (unpaired) electrons. The molecule has 5 nitrogen and oxygen atoms in total. The lowest BCUT2D eigenvalue weighted by molar-refractivity contribution is -0.139. The Bertz CT molecular complexity index is 1020. The van der Waals surface area contributed by atoms with Crippen LogP contribution in [-0.4, -0.2) is 25.5 Å². The minimum Gasteiger partial charge on any atom is -0.468 e. The molecular formula is C23H20Br2N2O3. The number of methoxy groups -OCH3 is 1. The minimum atomic E-state index is -0.369. The second kappa shape index (κ2) is 10.5. The first-order chi connectivity index (χ1) is 14.5. The molecule has 1 amide bonds. The van der Waals surface area contributed by atoms with E-state index in [-0.39, 0.29) is 24.5 Å². The van der Waals surface area contributed by atoms with Crippen LogP contribution in [0.4, 0.5) is 5.69 Å². The number of ether oxygens (including phenoxy) is 1. The largest absolute Gasteiger partial charge is 0.468 e. The van der Waals surface area contributed by atoms with E-state index in [4.69, 9.17) is 4.74 Å². The smallest absolute Gasteiger partial charge is 0.319 e. The molecule has 0 spiro atoms. The molecule has 154 valence electrons. The maximum atomic E-state index is 12.8. The monoisotopic (exact) mass is 530 g/mol. The van der Waals surface area contributed by atoms with Crippen LogP contribution < -0.4 is 10.6 Å². The van der Waals surface area contributed by atoms with Gasteiger partial charge in [-0.1, -0.05) is 62.2 Å². The van der Waals surface area contributed by atoms with Gasteiger partial charge in [0, 0.05) is 20.2 Å². The van der Waals surface area contributed by atoms with Crippen molar-refractivity contribution in [2.24, 2.45) is 0 Å². The van der Waals surface area contributed by atoms with Crippen LogP contribution in [0.2, 0.25) is 0 Å². The SMILES string of the molecule is COC(=O)CNC(c1ccccc1)c1cc(Br)ccc1NC(=O)c1ccc(Br)cc1. The van der Waals surface area contributed by atoms with E-state index in [1.807, 2.05) is 60.7 Å². The average molecular weight is 532 g/mol. The van der Waals surface area contributed by atoms with Crippen LogP contribution in [0.1, 0.15) is 27.5 Å². The molecule has 3 aromatic rings. The Morgan fingerprint density at radius 1 is 0.933 bits per heavy atom. The zero-order valence-electron chi connectivity index (χ0n) is 16.2. The number of esters is 1. The predicted octanol–water partition coefficient (Wildman–Crippen LogP) is 5.32. The molecule has 30 heavy (non-hydrogen) atoms. The van der Waals surface area contributed by atoms with E-state index in [0.29, 0.717) is 11.3 Å². The first-order valence-electron chi connectivity index (χ1n) is 9.19. The molecule has 0 saturated heterocycles. The molecule has 0 fully saturated rings. The van der Waals surface area contributed by atoms with Crippen LogP contribution in [-0.2, 0) is 9.53 Å². The zero-order chi connectivity index (χ0) is 21.5. The standard InChI is InChI=1S/C23H20Br2N2O3/c1-30-21(28)14-26-22(15-5-3-2-4-6-15)19-13-18(25)11-12-20(19)27-23(29)16-7-9-17(24)10-8-16/h2-13,22,26H,14H2,1H3,(H,27,29). The van der Waals surface area contributed by atoms with Gasteiger partial charge in [0.05, 0.1) is 19.7 Å². The van der Waals surface area contributed by atoms with Crippen molar-refractivity contribution in [3.05, 3.63) is 98.4 Å². The predicted molar refractivity (Wildman–Crippen MR) is 125 cm³/mol. The summed E-state index contributed by atoms with van der Waals surface area (Å²) in [6.45, 7) is 0.0304. The Kier molecular flexibility index (Phi) is 7.79. The third-order valence-electron chi connectivity index (χ3n) is 4.49. The first kappa shape index (κ1) is 22.2. The highest BCUT2D eigenvalue weighted by Gasteiger charge is 2.20.